The molecule has 0 fully saturated rings. The summed E-state index contributed by atoms with van der Waals surface area (Å²) in [7, 11) is 0. The molecule has 0 spiro atoms. The first-order valence-corrected chi connectivity index (χ1v) is 5.88. The largest absolute Gasteiger partial charge is 0.103 e. The highest BCUT2D eigenvalue weighted by molar-refractivity contribution is 5.63. The summed E-state index contributed by atoms with van der Waals surface area (Å²) < 4.78 is 0. The van der Waals surface area contributed by atoms with Gasteiger partial charge in [-0.05, 0) is 31.9 Å². The quantitative estimate of drug-likeness (QED) is 0.587. The summed E-state index contributed by atoms with van der Waals surface area (Å²) >= 11 is 0. The van der Waals surface area contributed by atoms with Gasteiger partial charge >= 0.3 is 0 Å². The number of hydrogen-bond acceptors (Lipinski definition) is 0. The van der Waals surface area contributed by atoms with Crippen LogP contribution >= 0.6 is 0 Å². The Balaban J connectivity index is 0.000000437. The van der Waals surface area contributed by atoms with E-state index in [-0.39, 0.29) is 0 Å². The number of hydrogen-bond donors (Lipinski definition) is 0. The lowest BCUT2D eigenvalue weighted by molar-refractivity contribution is 1.45. The Morgan fingerprint density at radius 2 is 0.941 bits per heavy atom. The van der Waals surface area contributed by atoms with Gasteiger partial charge in [-0.25, -0.2) is 0 Å². The van der Waals surface area contributed by atoms with Crippen molar-refractivity contribution >= 4 is 0 Å². The molecule has 0 radical (unpaired) electrons. The molecule has 0 heteroatoms. The summed E-state index contributed by atoms with van der Waals surface area (Å²) in [4.78, 5) is 0. The van der Waals surface area contributed by atoms with Crippen molar-refractivity contribution in [3.05, 3.63) is 72.3 Å². The van der Waals surface area contributed by atoms with E-state index >= 15 is 0 Å². The minimum absolute atomic E-state index is 1.29. The van der Waals surface area contributed by atoms with E-state index in [0.29, 0.717) is 0 Å². The zero-order chi connectivity index (χ0) is 12.7. The van der Waals surface area contributed by atoms with Crippen LogP contribution in [0, 0.1) is 13.8 Å². The number of aryl methyl sites for hydroxylation is 2. The molecule has 0 aromatic heterocycles. The van der Waals surface area contributed by atoms with Gasteiger partial charge in [-0.1, -0.05) is 65.7 Å². The summed E-state index contributed by atoms with van der Waals surface area (Å²) in [6.45, 7) is 9.47. The Bertz CT molecular complexity index is 403. The lowest BCUT2D eigenvalue weighted by Gasteiger charge is -2.02. The summed E-state index contributed by atoms with van der Waals surface area (Å²) in [5.41, 5.74) is 5.19. The molecule has 0 aliphatic heterocycles. The van der Waals surface area contributed by atoms with Gasteiger partial charge in [0, 0.05) is 0 Å². The molecule has 0 heterocycles. The molecule has 0 aliphatic carbocycles. The average molecular weight is 224 g/mol. The maximum Gasteiger partial charge on any atom is -0.0184 e. The fourth-order valence-electron chi connectivity index (χ4n) is 1.49. The highest BCUT2D eigenvalue weighted by atomic mass is 14.0. The van der Waals surface area contributed by atoms with Crippen LogP contribution in [0.1, 0.15) is 18.1 Å². The maximum absolute atomic E-state index is 3.36. The van der Waals surface area contributed by atoms with Crippen molar-refractivity contribution < 1.29 is 0 Å². The Hall–Kier alpha value is -1.82. The molecular formula is C17H20. The molecule has 0 saturated heterocycles. The van der Waals surface area contributed by atoms with Crippen LogP contribution in [-0.4, -0.2) is 0 Å². The van der Waals surface area contributed by atoms with Crippen molar-refractivity contribution in [2.45, 2.75) is 20.8 Å². The second-order valence-electron chi connectivity index (χ2n) is 4.14. The Morgan fingerprint density at radius 3 is 1.18 bits per heavy atom. The fourth-order valence-corrected chi connectivity index (χ4v) is 1.49. The van der Waals surface area contributed by atoms with Crippen molar-refractivity contribution in [3.8, 4) is 11.1 Å². The second-order valence-corrected chi connectivity index (χ2v) is 4.14. The molecule has 0 N–H and O–H groups in total. The van der Waals surface area contributed by atoms with Crippen molar-refractivity contribution in [1.82, 2.24) is 0 Å². The van der Waals surface area contributed by atoms with E-state index in [1.54, 1.807) is 6.08 Å². The SMILES string of the molecule is C=CC.Cc1ccc(-c2ccc(C)cc2)cc1. The van der Waals surface area contributed by atoms with Crippen LogP contribution in [0.4, 0.5) is 0 Å². The molecule has 2 aromatic rings. The zero-order valence-corrected chi connectivity index (χ0v) is 10.9. The first-order valence-electron chi connectivity index (χ1n) is 5.88. The predicted molar refractivity (Wildman–Crippen MR) is 77.2 cm³/mol. The van der Waals surface area contributed by atoms with Crippen LogP contribution in [-0.2, 0) is 0 Å². The molecule has 88 valence electrons. The number of allylic oxidation sites excluding steroid dienone is 1. The van der Waals surface area contributed by atoms with Crippen molar-refractivity contribution in [3.63, 3.8) is 0 Å². The normalized spacial score (nSPS) is 9.12. The molecular weight excluding hydrogens is 204 g/mol. The topological polar surface area (TPSA) is 0 Å². The van der Waals surface area contributed by atoms with Gasteiger partial charge in [-0.3, -0.25) is 0 Å². The third-order valence-electron chi connectivity index (χ3n) is 2.44. The average Bonchev–Trinajstić information content (AvgIpc) is 2.32. The molecule has 17 heavy (non-hydrogen) atoms. The second kappa shape index (κ2) is 6.70. The van der Waals surface area contributed by atoms with E-state index in [1.807, 2.05) is 6.92 Å². The Morgan fingerprint density at radius 1 is 0.706 bits per heavy atom. The van der Waals surface area contributed by atoms with Gasteiger partial charge in [-0.15, -0.1) is 6.58 Å². The molecule has 0 unspecified atom stereocenters. The maximum atomic E-state index is 3.36. The van der Waals surface area contributed by atoms with Gasteiger partial charge in [0.2, 0.25) is 0 Å². The van der Waals surface area contributed by atoms with Crippen LogP contribution in [0.2, 0.25) is 0 Å². The fraction of sp³-hybridized carbons (Fsp3) is 0.176. The van der Waals surface area contributed by atoms with Crippen LogP contribution in [0.25, 0.3) is 11.1 Å². The van der Waals surface area contributed by atoms with Crippen molar-refractivity contribution in [2.24, 2.45) is 0 Å². The first kappa shape index (κ1) is 13.2. The van der Waals surface area contributed by atoms with E-state index in [1.165, 1.54) is 22.3 Å². The van der Waals surface area contributed by atoms with Gasteiger partial charge in [-0.2, -0.15) is 0 Å². The van der Waals surface area contributed by atoms with Crippen molar-refractivity contribution in [1.29, 1.82) is 0 Å². The zero-order valence-electron chi connectivity index (χ0n) is 10.9. The van der Waals surface area contributed by atoms with E-state index in [2.05, 4.69) is 69.0 Å². The van der Waals surface area contributed by atoms with Crippen LogP contribution in [0.5, 0.6) is 0 Å². The Kier molecular flexibility index (Phi) is 5.22. The molecule has 0 atom stereocenters. The highest BCUT2D eigenvalue weighted by Gasteiger charge is 1.95. The molecule has 0 nitrogen and oxygen atoms in total. The minimum Gasteiger partial charge on any atom is -0.103 e. The molecule has 0 bridgehead atoms. The smallest absolute Gasteiger partial charge is 0.0184 e. The third-order valence-corrected chi connectivity index (χ3v) is 2.44. The lowest BCUT2D eigenvalue weighted by Crippen LogP contribution is -1.78. The summed E-state index contributed by atoms with van der Waals surface area (Å²) in [6, 6.07) is 17.3. The molecule has 2 aromatic carbocycles. The number of rotatable bonds is 1. The van der Waals surface area contributed by atoms with Gasteiger partial charge in [0.1, 0.15) is 0 Å². The van der Waals surface area contributed by atoms with Crippen LogP contribution in [0.3, 0.4) is 0 Å². The molecule has 0 amide bonds. The number of benzene rings is 2. The van der Waals surface area contributed by atoms with Gasteiger partial charge < -0.3 is 0 Å². The molecule has 0 aliphatic rings. The van der Waals surface area contributed by atoms with E-state index in [9.17, 15) is 0 Å². The third kappa shape index (κ3) is 4.28. The van der Waals surface area contributed by atoms with E-state index < -0.39 is 0 Å². The molecule has 2 rings (SSSR count). The van der Waals surface area contributed by atoms with E-state index in [0.717, 1.165) is 0 Å². The lowest BCUT2D eigenvalue weighted by atomic mass is 10.0. The summed E-state index contributed by atoms with van der Waals surface area (Å²) in [6.07, 6.45) is 1.75. The predicted octanol–water partition coefficient (Wildman–Crippen LogP) is 5.16. The van der Waals surface area contributed by atoms with Gasteiger partial charge in [0.15, 0.2) is 0 Å². The summed E-state index contributed by atoms with van der Waals surface area (Å²) in [5, 5.41) is 0. The summed E-state index contributed by atoms with van der Waals surface area (Å²) in [5.74, 6) is 0. The minimum atomic E-state index is 1.29. The highest BCUT2D eigenvalue weighted by Crippen LogP contribution is 2.19. The Labute approximate surface area is 105 Å². The van der Waals surface area contributed by atoms with Gasteiger partial charge in [0.05, 0.1) is 0 Å². The molecule has 0 saturated carbocycles. The first-order chi connectivity index (χ1) is 8.17. The monoisotopic (exact) mass is 224 g/mol. The van der Waals surface area contributed by atoms with Gasteiger partial charge in [0.25, 0.3) is 0 Å². The van der Waals surface area contributed by atoms with Crippen LogP contribution < -0.4 is 0 Å². The van der Waals surface area contributed by atoms with Crippen molar-refractivity contribution in [2.75, 3.05) is 0 Å². The standard InChI is InChI=1S/C14H14.C3H6/c1-11-3-7-13(8-4-11)14-9-5-12(2)6-10-14;1-3-2/h3-10H,1-2H3;3H,1H2,2H3. The van der Waals surface area contributed by atoms with Crippen LogP contribution in [0.15, 0.2) is 61.2 Å². The van der Waals surface area contributed by atoms with E-state index in [4.69, 9.17) is 0 Å².